The third kappa shape index (κ3) is 1.37. The Kier molecular flexibility index (Phi) is 2.03. The first-order chi connectivity index (χ1) is 7.38. The number of thioether (sulfide) groups is 1. The van der Waals surface area contributed by atoms with Gasteiger partial charge in [-0.15, -0.1) is 11.8 Å². The van der Waals surface area contributed by atoms with Gasteiger partial charge in [-0.25, -0.2) is 0 Å². The van der Waals surface area contributed by atoms with Gasteiger partial charge in [0.1, 0.15) is 0 Å². The quantitative estimate of drug-likeness (QED) is 0.652. The Morgan fingerprint density at radius 2 is 1.87 bits per heavy atom. The molecule has 3 rings (SSSR count). The molecule has 2 aromatic rings. The van der Waals surface area contributed by atoms with Gasteiger partial charge in [-0.2, -0.15) is 0 Å². The maximum absolute atomic E-state index is 4.32. The molecule has 74 valence electrons. The number of fused-ring (bicyclic) bond motifs is 2. The van der Waals surface area contributed by atoms with E-state index in [2.05, 4.69) is 41.4 Å². The summed E-state index contributed by atoms with van der Waals surface area (Å²) in [6.07, 6.45) is 0. The van der Waals surface area contributed by atoms with Gasteiger partial charge < -0.3 is 0 Å². The monoisotopic (exact) mass is 213 g/mol. The van der Waals surface area contributed by atoms with Crippen molar-refractivity contribution < 1.29 is 0 Å². The SMILES string of the molecule is CN=C1SCc2cc3ccccc3cc21. The fourth-order valence-electron chi connectivity index (χ4n) is 2.01. The van der Waals surface area contributed by atoms with Crippen molar-refractivity contribution in [1.82, 2.24) is 0 Å². The lowest BCUT2D eigenvalue weighted by Crippen LogP contribution is -1.90. The van der Waals surface area contributed by atoms with Crippen molar-refractivity contribution in [2.45, 2.75) is 5.75 Å². The summed E-state index contributed by atoms with van der Waals surface area (Å²) in [5.74, 6) is 1.06. The molecular weight excluding hydrogens is 202 g/mol. The minimum Gasteiger partial charge on any atom is -0.281 e. The van der Waals surface area contributed by atoms with Crippen molar-refractivity contribution in [2.24, 2.45) is 4.99 Å². The first kappa shape index (κ1) is 8.98. The van der Waals surface area contributed by atoms with Crippen LogP contribution in [0.15, 0.2) is 41.4 Å². The standard InChI is InChI=1S/C13H11NS/c1-14-13-12-7-10-5-3-2-4-9(10)6-11(12)8-15-13/h2-7H,8H2,1H3. The zero-order chi connectivity index (χ0) is 10.3. The molecule has 1 nitrogen and oxygen atoms in total. The average molecular weight is 213 g/mol. The summed E-state index contributed by atoms with van der Waals surface area (Å²) in [6, 6.07) is 13.0. The smallest absolute Gasteiger partial charge is 0.0979 e. The van der Waals surface area contributed by atoms with Gasteiger partial charge in [0.2, 0.25) is 0 Å². The number of benzene rings is 2. The highest BCUT2D eigenvalue weighted by atomic mass is 32.2. The van der Waals surface area contributed by atoms with Crippen LogP contribution in [-0.4, -0.2) is 12.1 Å². The Hall–Kier alpha value is -1.28. The Morgan fingerprint density at radius 1 is 1.13 bits per heavy atom. The highest BCUT2D eigenvalue weighted by Crippen LogP contribution is 2.33. The number of aliphatic imine (C=N–C) groups is 1. The third-order valence-corrected chi connectivity index (χ3v) is 3.90. The summed E-state index contributed by atoms with van der Waals surface area (Å²) in [5.41, 5.74) is 2.74. The molecule has 0 aromatic heterocycles. The molecule has 0 aliphatic carbocycles. The molecule has 1 heterocycles. The van der Waals surface area contributed by atoms with Crippen LogP contribution in [0.3, 0.4) is 0 Å². The Balaban J connectivity index is 2.33. The molecule has 2 heteroatoms. The predicted octanol–water partition coefficient (Wildman–Crippen LogP) is 3.46. The summed E-state index contributed by atoms with van der Waals surface area (Å²) >= 11 is 1.83. The minimum atomic E-state index is 1.06. The summed E-state index contributed by atoms with van der Waals surface area (Å²) in [7, 11) is 1.87. The van der Waals surface area contributed by atoms with Crippen molar-refractivity contribution in [2.75, 3.05) is 7.05 Å². The van der Waals surface area contributed by atoms with Crippen molar-refractivity contribution in [1.29, 1.82) is 0 Å². The van der Waals surface area contributed by atoms with Crippen molar-refractivity contribution in [3.63, 3.8) is 0 Å². The first-order valence-electron chi connectivity index (χ1n) is 5.00. The molecule has 0 radical (unpaired) electrons. The zero-order valence-corrected chi connectivity index (χ0v) is 9.34. The molecule has 1 aliphatic heterocycles. The molecule has 0 fully saturated rings. The summed E-state index contributed by atoms with van der Waals surface area (Å²) in [6.45, 7) is 0. The van der Waals surface area contributed by atoms with Crippen LogP contribution in [0.1, 0.15) is 11.1 Å². The lowest BCUT2D eigenvalue weighted by molar-refractivity contribution is 1.43. The van der Waals surface area contributed by atoms with E-state index in [0.717, 1.165) is 5.75 Å². The number of rotatable bonds is 0. The van der Waals surface area contributed by atoms with E-state index in [1.54, 1.807) is 0 Å². The van der Waals surface area contributed by atoms with Crippen molar-refractivity contribution in [3.05, 3.63) is 47.5 Å². The third-order valence-electron chi connectivity index (χ3n) is 2.77. The topological polar surface area (TPSA) is 12.4 Å². The minimum absolute atomic E-state index is 1.06. The summed E-state index contributed by atoms with van der Waals surface area (Å²) < 4.78 is 0. The summed E-state index contributed by atoms with van der Waals surface area (Å²) in [4.78, 5) is 4.32. The second-order valence-electron chi connectivity index (χ2n) is 3.67. The van der Waals surface area contributed by atoms with Crippen LogP contribution in [0.4, 0.5) is 0 Å². The predicted molar refractivity (Wildman–Crippen MR) is 67.7 cm³/mol. The molecule has 15 heavy (non-hydrogen) atoms. The van der Waals surface area contributed by atoms with Crippen LogP contribution in [0.5, 0.6) is 0 Å². The second-order valence-corrected chi connectivity index (χ2v) is 4.64. The van der Waals surface area contributed by atoms with Gasteiger partial charge >= 0.3 is 0 Å². The van der Waals surface area contributed by atoms with Crippen LogP contribution in [0.2, 0.25) is 0 Å². The lowest BCUT2D eigenvalue weighted by Gasteiger charge is -2.02. The van der Waals surface area contributed by atoms with Crippen LogP contribution in [0, 0.1) is 0 Å². The molecular formula is C13H11NS. The molecule has 2 aromatic carbocycles. The molecule has 0 saturated heterocycles. The van der Waals surface area contributed by atoms with Crippen LogP contribution >= 0.6 is 11.8 Å². The normalized spacial score (nSPS) is 17.3. The molecule has 1 aliphatic rings. The Labute approximate surface area is 93.2 Å². The van der Waals surface area contributed by atoms with E-state index in [-0.39, 0.29) is 0 Å². The molecule has 0 saturated carbocycles. The van der Waals surface area contributed by atoms with Gasteiger partial charge in [0.15, 0.2) is 0 Å². The lowest BCUT2D eigenvalue weighted by atomic mass is 10.0. The maximum Gasteiger partial charge on any atom is 0.0979 e. The fraction of sp³-hybridized carbons (Fsp3) is 0.154. The van der Waals surface area contributed by atoms with Crippen molar-refractivity contribution >= 4 is 27.6 Å². The number of hydrogen-bond acceptors (Lipinski definition) is 2. The first-order valence-corrected chi connectivity index (χ1v) is 5.98. The van der Waals surface area contributed by atoms with E-state index >= 15 is 0 Å². The Morgan fingerprint density at radius 3 is 2.60 bits per heavy atom. The van der Waals surface area contributed by atoms with E-state index in [1.807, 2.05) is 18.8 Å². The molecule has 0 bridgehead atoms. The van der Waals surface area contributed by atoms with Gasteiger partial charge in [0.25, 0.3) is 0 Å². The van der Waals surface area contributed by atoms with Crippen LogP contribution in [0.25, 0.3) is 10.8 Å². The van der Waals surface area contributed by atoms with Gasteiger partial charge in [-0.3, -0.25) is 4.99 Å². The van der Waals surface area contributed by atoms with E-state index in [0.29, 0.717) is 0 Å². The van der Waals surface area contributed by atoms with Gasteiger partial charge in [0.05, 0.1) is 5.04 Å². The fourth-order valence-corrected chi connectivity index (χ4v) is 3.02. The Bertz CT molecular complexity index is 557. The van der Waals surface area contributed by atoms with E-state index < -0.39 is 0 Å². The molecule has 0 N–H and O–H groups in total. The van der Waals surface area contributed by atoms with Gasteiger partial charge in [0, 0.05) is 18.4 Å². The van der Waals surface area contributed by atoms with E-state index in [4.69, 9.17) is 0 Å². The highest BCUT2D eigenvalue weighted by Gasteiger charge is 2.17. The molecule has 0 spiro atoms. The maximum atomic E-state index is 4.32. The number of nitrogens with zero attached hydrogens (tertiary/aromatic N) is 1. The van der Waals surface area contributed by atoms with Crippen molar-refractivity contribution in [3.8, 4) is 0 Å². The largest absolute Gasteiger partial charge is 0.281 e. The van der Waals surface area contributed by atoms with Gasteiger partial charge in [-0.05, 0) is 28.5 Å². The zero-order valence-electron chi connectivity index (χ0n) is 8.53. The number of hydrogen-bond donors (Lipinski definition) is 0. The van der Waals surface area contributed by atoms with Crippen LogP contribution in [-0.2, 0) is 5.75 Å². The molecule has 0 amide bonds. The second kappa shape index (κ2) is 3.38. The average Bonchev–Trinajstić information content (AvgIpc) is 2.68. The summed E-state index contributed by atoms with van der Waals surface area (Å²) in [5, 5.41) is 3.81. The van der Waals surface area contributed by atoms with Gasteiger partial charge in [-0.1, -0.05) is 24.3 Å². The van der Waals surface area contributed by atoms with E-state index in [9.17, 15) is 0 Å². The molecule has 0 atom stereocenters. The van der Waals surface area contributed by atoms with E-state index in [1.165, 1.54) is 26.9 Å². The highest BCUT2D eigenvalue weighted by molar-refractivity contribution is 8.14. The molecule has 0 unspecified atom stereocenters. The van der Waals surface area contributed by atoms with Crippen LogP contribution < -0.4 is 0 Å².